The predicted molar refractivity (Wildman–Crippen MR) is 55.8 cm³/mol. The van der Waals surface area contributed by atoms with Crippen LogP contribution in [0, 0.1) is 5.92 Å². The van der Waals surface area contributed by atoms with Crippen LogP contribution in [0.25, 0.3) is 0 Å². The lowest BCUT2D eigenvalue weighted by Gasteiger charge is -2.29. The minimum atomic E-state index is -0.688. The molecule has 0 aromatic carbocycles. The van der Waals surface area contributed by atoms with Gasteiger partial charge in [0.25, 0.3) is 0 Å². The van der Waals surface area contributed by atoms with E-state index in [1.54, 1.807) is 11.3 Å². The molecule has 0 fully saturated rings. The van der Waals surface area contributed by atoms with Crippen LogP contribution >= 0.6 is 11.3 Å². The van der Waals surface area contributed by atoms with Gasteiger partial charge in [0.15, 0.2) is 0 Å². The van der Waals surface area contributed by atoms with E-state index in [9.17, 15) is 5.11 Å². The molecule has 0 aliphatic heterocycles. The van der Waals surface area contributed by atoms with Crippen molar-refractivity contribution in [3.05, 3.63) is 34.5 Å². The Morgan fingerprint density at radius 2 is 2.46 bits per heavy atom. The Labute approximate surface area is 82.7 Å². The van der Waals surface area contributed by atoms with Crippen molar-refractivity contribution in [3.8, 4) is 0 Å². The first kappa shape index (κ1) is 8.97. The van der Waals surface area contributed by atoms with Crippen molar-refractivity contribution in [1.82, 2.24) is 0 Å². The molecule has 0 bridgehead atoms. The summed E-state index contributed by atoms with van der Waals surface area (Å²) >= 11 is 1.64. The highest BCUT2D eigenvalue weighted by atomic mass is 32.1. The molecule has 0 spiro atoms. The van der Waals surface area contributed by atoms with Crippen molar-refractivity contribution in [1.29, 1.82) is 0 Å². The quantitative estimate of drug-likeness (QED) is 0.681. The van der Waals surface area contributed by atoms with Gasteiger partial charge in [-0.15, -0.1) is 0 Å². The Bertz CT molecular complexity index is 302. The molecule has 1 aliphatic carbocycles. The molecule has 0 saturated heterocycles. The van der Waals surface area contributed by atoms with Crippen LogP contribution in [0.2, 0.25) is 0 Å². The number of thiophene rings is 1. The maximum atomic E-state index is 10.3. The average Bonchev–Trinajstić information content (AvgIpc) is 2.63. The van der Waals surface area contributed by atoms with Crippen LogP contribution in [0.1, 0.15) is 25.3 Å². The van der Waals surface area contributed by atoms with E-state index < -0.39 is 5.60 Å². The standard InChI is InChI=1S/C11H14OS/c1-9-2-5-11(12,6-3-9)10-4-7-13-8-10/h2,4-5,7-9,12H,3,6H2,1H3. The van der Waals surface area contributed by atoms with Gasteiger partial charge < -0.3 is 5.11 Å². The Morgan fingerprint density at radius 1 is 1.62 bits per heavy atom. The molecule has 2 unspecified atom stereocenters. The van der Waals surface area contributed by atoms with Crippen molar-refractivity contribution in [2.24, 2.45) is 5.92 Å². The normalized spacial score (nSPS) is 33.5. The van der Waals surface area contributed by atoms with E-state index in [1.807, 2.05) is 22.9 Å². The molecule has 1 nitrogen and oxygen atoms in total. The predicted octanol–water partition coefficient (Wildman–Crippen LogP) is 2.92. The van der Waals surface area contributed by atoms with Gasteiger partial charge in [0.05, 0.1) is 0 Å². The zero-order valence-corrected chi connectivity index (χ0v) is 8.55. The van der Waals surface area contributed by atoms with Gasteiger partial charge in [-0.2, -0.15) is 11.3 Å². The molecule has 1 aliphatic rings. The Hall–Kier alpha value is -0.600. The van der Waals surface area contributed by atoms with Crippen molar-refractivity contribution >= 4 is 11.3 Å². The zero-order valence-electron chi connectivity index (χ0n) is 7.73. The van der Waals surface area contributed by atoms with Crippen LogP contribution < -0.4 is 0 Å². The third-order valence-electron chi connectivity index (χ3n) is 2.70. The SMILES string of the molecule is CC1C=CC(O)(c2ccsc2)CC1. The Balaban J connectivity index is 2.27. The van der Waals surface area contributed by atoms with E-state index in [-0.39, 0.29) is 0 Å². The van der Waals surface area contributed by atoms with Gasteiger partial charge in [-0.25, -0.2) is 0 Å². The molecule has 0 amide bonds. The Morgan fingerprint density at radius 3 is 3.00 bits per heavy atom. The number of rotatable bonds is 1. The van der Waals surface area contributed by atoms with E-state index in [0.717, 1.165) is 18.4 Å². The van der Waals surface area contributed by atoms with Gasteiger partial charge in [-0.05, 0) is 41.1 Å². The summed E-state index contributed by atoms with van der Waals surface area (Å²) in [6, 6.07) is 2.00. The van der Waals surface area contributed by atoms with Gasteiger partial charge in [0, 0.05) is 0 Å². The van der Waals surface area contributed by atoms with Crippen molar-refractivity contribution < 1.29 is 5.11 Å². The van der Waals surface area contributed by atoms with Crippen LogP contribution in [-0.2, 0) is 5.60 Å². The van der Waals surface area contributed by atoms with Crippen LogP contribution in [-0.4, -0.2) is 5.11 Å². The summed E-state index contributed by atoms with van der Waals surface area (Å²) in [7, 11) is 0. The van der Waals surface area contributed by atoms with Crippen LogP contribution in [0.15, 0.2) is 29.0 Å². The maximum absolute atomic E-state index is 10.3. The highest BCUT2D eigenvalue weighted by Crippen LogP contribution is 2.35. The molecule has 13 heavy (non-hydrogen) atoms. The fraction of sp³-hybridized carbons (Fsp3) is 0.455. The molecule has 1 N–H and O–H groups in total. The summed E-state index contributed by atoms with van der Waals surface area (Å²) in [6.07, 6.45) is 5.98. The first-order chi connectivity index (χ1) is 6.21. The second kappa shape index (κ2) is 3.28. The minimum absolute atomic E-state index is 0.610. The lowest BCUT2D eigenvalue weighted by Crippen LogP contribution is -2.25. The topological polar surface area (TPSA) is 20.2 Å². The number of hydrogen-bond acceptors (Lipinski definition) is 2. The molecule has 1 aromatic heterocycles. The molecule has 70 valence electrons. The average molecular weight is 194 g/mol. The third-order valence-corrected chi connectivity index (χ3v) is 3.39. The number of hydrogen-bond donors (Lipinski definition) is 1. The molecular weight excluding hydrogens is 180 g/mol. The van der Waals surface area contributed by atoms with Gasteiger partial charge >= 0.3 is 0 Å². The monoisotopic (exact) mass is 194 g/mol. The van der Waals surface area contributed by atoms with Gasteiger partial charge in [0.2, 0.25) is 0 Å². The summed E-state index contributed by atoms with van der Waals surface area (Å²) in [4.78, 5) is 0. The first-order valence-electron chi connectivity index (χ1n) is 4.65. The van der Waals surface area contributed by atoms with Crippen LogP contribution in [0.5, 0.6) is 0 Å². The maximum Gasteiger partial charge on any atom is 0.109 e. The van der Waals surface area contributed by atoms with E-state index in [4.69, 9.17) is 0 Å². The fourth-order valence-corrected chi connectivity index (χ4v) is 2.44. The highest BCUT2D eigenvalue weighted by Gasteiger charge is 2.29. The van der Waals surface area contributed by atoms with Crippen molar-refractivity contribution in [2.75, 3.05) is 0 Å². The second-order valence-corrected chi connectivity index (χ2v) is 4.59. The first-order valence-corrected chi connectivity index (χ1v) is 5.59. The molecule has 2 rings (SSSR count). The molecule has 1 heterocycles. The van der Waals surface area contributed by atoms with E-state index >= 15 is 0 Å². The highest BCUT2D eigenvalue weighted by molar-refractivity contribution is 7.08. The molecule has 0 radical (unpaired) electrons. The summed E-state index contributed by atoms with van der Waals surface area (Å²) in [5.74, 6) is 0.610. The minimum Gasteiger partial charge on any atom is -0.381 e. The molecular formula is C11H14OS. The summed E-state index contributed by atoms with van der Waals surface area (Å²) in [5, 5.41) is 14.3. The lowest BCUT2D eigenvalue weighted by atomic mass is 9.82. The fourth-order valence-electron chi connectivity index (χ4n) is 1.70. The van der Waals surface area contributed by atoms with Crippen LogP contribution in [0.3, 0.4) is 0 Å². The molecule has 2 heteroatoms. The van der Waals surface area contributed by atoms with Gasteiger partial charge in [-0.3, -0.25) is 0 Å². The number of allylic oxidation sites excluding steroid dienone is 1. The molecule has 0 saturated carbocycles. The zero-order chi connectivity index (χ0) is 9.31. The molecule has 1 aromatic rings. The van der Waals surface area contributed by atoms with Crippen LogP contribution in [0.4, 0.5) is 0 Å². The largest absolute Gasteiger partial charge is 0.381 e. The lowest BCUT2D eigenvalue weighted by molar-refractivity contribution is 0.0678. The van der Waals surface area contributed by atoms with E-state index in [0.29, 0.717) is 5.92 Å². The van der Waals surface area contributed by atoms with Gasteiger partial charge in [0.1, 0.15) is 5.60 Å². The smallest absolute Gasteiger partial charge is 0.109 e. The second-order valence-electron chi connectivity index (χ2n) is 3.81. The van der Waals surface area contributed by atoms with Crippen molar-refractivity contribution in [3.63, 3.8) is 0 Å². The number of aliphatic hydroxyl groups is 1. The van der Waals surface area contributed by atoms with Crippen molar-refractivity contribution in [2.45, 2.75) is 25.4 Å². The van der Waals surface area contributed by atoms with E-state index in [2.05, 4.69) is 13.0 Å². The summed E-state index contributed by atoms with van der Waals surface area (Å²) in [6.45, 7) is 2.18. The summed E-state index contributed by atoms with van der Waals surface area (Å²) < 4.78 is 0. The third kappa shape index (κ3) is 1.69. The summed E-state index contributed by atoms with van der Waals surface area (Å²) in [5.41, 5.74) is 0.354. The van der Waals surface area contributed by atoms with Gasteiger partial charge in [-0.1, -0.05) is 19.1 Å². The molecule has 2 atom stereocenters. The Kier molecular flexibility index (Phi) is 2.26. The van der Waals surface area contributed by atoms with E-state index in [1.165, 1.54) is 0 Å².